The maximum Gasteiger partial charge on any atom is 0.333 e. The molecular formula is C24H38O4. The molecule has 4 heteroatoms. The molecule has 0 saturated heterocycles. The van der Waals surface area contributed by atoms with Gasteiger partial charge in [0.2, 0.25) is 0 Å². The Bertz CT molecular complexity index is 542. The van der Waals surface area contributed by atoms with E-state index < -0.39 is 0 Å². The highest BCUT2D eigenvalue weighted by atomic mass is 16.5. The van der Waals surface area contributed by atoms with E-state index >= 15 is 0 Å². The SMILES string of the molecule is C=C(C)C(=O)OC1CCC(C(C)(CC)C2CCC(OC(=O)C(=C)C)CC2)CC1. The zero-order chi connectivity index (χ0) is 20.9. The molecule has 0 N–H and O–H groups in total. The first-order valence-electron chi connectivity index (χ1n) is 10.9. The van der Waals surface area contributed by atoms with Crippen molar-refractivity contribution in [3.8, 4) is 0 Å². The molecule has 0 atom stereocenters. The van der Waals surface area contributed by atoms with Gasteiger partial charge in [-0.15, -0.1) is 0 Å². The number of ether oxygens (including phenoxy) is 2. The monoisotopic (exact) mass is 390 g/mol. The second-order valence-corrected chi connectivity index (χ2v) is 9.18. The first kappa shape index (κ1) is 22.7. The number of rotatable bonds is 7. The number of hydrogen-bond acceptors (Lipinski definition) is 4. The summed E-state index contributed by atoms with van der Waals surface area (Å²) >= 11 is 0. The Hall–Kier alpha value is -1.58. The minimum Gasteiger partial charge on any atom is -0.459 e. The summed E-state index contributed by atoms with van der Waals surface area (Å²) in [6.45, 7) is 15.5. The molecule has 0 radical (unpaired) electrons. The number of esters is 2. The molecule has 2 fully saturated rings. The lowest BCUT2D eigenvalue weighted by molar-refractivity contribution is -0.147. The minimum absolute atomic E-state index is 0.0406. The fourth-order valence-corrected chi connectivity index (χ4v) is 5.09. The van der Waals surface area contributed by atoms with Crippen LogP contribution in [0.25, 0.3) is 0 Å². The molecule has 2 rings (SSSR count). The third-order valence-corrected chi connectivity index (χ3v) is 7.22. The summed E-state index contributed by atoms with van der Waals surface area (Å²) in [5.41, 5.74) is 1.25. The minimum atomic E-state index is -0.260. The summed E-state index contributed by atoms with van der Waals surface area (Å²) in [5, 5.41) is 0. The first-order chi connectivity index (χ1) is 13.2. The molecule has 0 unspecified atom stereocenters. The second-order valence-electron chi connectivity index (χ2n) is 9.18. The van der Waals surface area contributed by atoms with Crippen LogP contribution in [-0.4, -0.2) is 24.1 Å². The number of hydrogen-bond donors (Lipinski definition) is 0. The van der Waals surface area contributed by atoms with Crippen molar-refractivity contribution >= 4 is 11.9 Å². The van der Waals surface area contributed by atoms with E-state index in [0.717, 1.165) is 57.8 Å². The van der Waals surface area contributed by atoms with Crippen LogP contribution in [0.15, 0.2) is 24.3 Å². The lowest BCUT2D eigenvalue weighted by Gasteiger charge is -2.48. The highest BCUT2D eigenvalue weighted by Crippen LogP contribution is 2.51. The standard InChI is InChI=1S/C24H38O4/c1-7-24(6,18-8-12-20(13-9-18)27-22(25)16(2)3)19-10-14-21(15-11-19)28-23(26)17(4)5/h18-21H,2,4,7-15H2,1,3,5-6H3. The van der Waals surface area contributed by atoms with Crippen molar-refractivity contribution in [1.82, 2.24) is 0 Å². The van der Waals surface area contributed by atoms with Gasteiger partial charge in [0.1, 0.15) is 12.2 Å². The highest BCUT2D eigenvalue weighted by molar-refractivity contribution is 5.87. The Morgan fingerprint density at radius 2 is 1.11 bits per heavy atom. The molecule has 2 aliphatic rings. The molecule has 0 bridgehead atoms. The van der Waals surface area contributed by atoms with E-state index in [2.05, 4.69) is 27.0 Å². The van der Waals surface area contributed by atoms with Gasteiger partial charge in [0.15, 0.2) is 0 Å². The fraction of sp³-hybridized carbons (Fsp3) is 0.750. The summed E-state index contributed by atoms with van der Waals surface area (Å²) in [6.07, 6.45) is 9.50. The maximum atomic E-state index is 11.8. The summed E-state index contributed by atoms with van der Waals surface area (Å²) in [6, 6.07) is 0. The van der Waals surface area contributed by atoms with E-state index in [0.29, 0.717) is 28.4 Å². The van der Waals surface area contributed by atoms with Gasteiger partial charge in [-0.2, -0.15) is 0 Å². The van der Waals surface area contributed by atoms with E-state index in [9.17, 15) is 9.59 Å². The van der Waals surface area contributed by atoms with Gasteiger partial charge < -0.3 is 9.47 Å². The van der Waals surface area contributed by atoms with E-state index in [1.807, 2.05) is 0 Å². The Kier molecular flexibility index (Phi) is 7.91. The quantitative estimate of drug-likeness (QED) is 0.410. The second kappa shape index (κ2) is 9.76. The van der Waals surface area contributed by atoms with Crippen LogP contribution in [0.4, 0.5) is 0 Å². The van der Waals surface area contributed by atoms with Crippen molar-refractivity contribution in [3.05, 3.63) is 24.3 Å². The smallest absolute Gasteiger partial charge is 0.333 e. The van der Waals surface area contributed by atoms with E-state index in [1.165, 1.54) is 0 Å². The molecule has 158 valence electrons. The van der Waals surface area contributed by atoms with Crippen LogP contribution in [0.3, 0.4) is 0 Å². The van der Waals surface area contributed by atoms with Crippen LogP contribution in [0.1, 0.15) is 85.5 Å². The predicted molar refractivity (Wildman–Crippen MR) is 112 cm³/mol. The fourth-order valence-electron chi connectivity index (χ4n) is 5.09. The largest absolute Gasteiger partial charge is 0.459 e. The summed E-state index contributed by atoms with van der Waals surface area (Å²) < 4.78 is 11.1. The zero-order valence-corrected chi connectivity index (χ0v) is 18.2. The topological polar surface area (TPSA) is 52.6 Å². The molecule has 0 aliphatic heterocycles. The Morgan fingerprint density at radius 3 is 1.36 bits per heavy atom. The van der Waals surface area contributed by atoms with Crippen LogP contribution in [0, 0.1) is 17.3 Å². The molecule has 4 nitrogen and oxygen atoms in total. The predicted octanol–water partition coefficient (Wildman–Crippen LogP) is 5.76. The molecule has 28 heavy (non-hydrogen) atoms. The van der Waals surface area contributed by atoms with Crippen molar-refractivity contribution < 1.29 is 19.1 Å². The number of carbonyl (C=O) groups excluding carboxylic acids is 2. The molecular weight excluding hydrogens is 352 g/mol. The molecule has 0 aromatic rings. The van der Waals surface area contributed by atoms with Gasteiger partial charge in [-0.05, 0) is 82.5 Å². The normalized spacial score (nSPS) is 30.0. The molecule has 2 saturated carbocycles. The van der Waals surface area contributed by atoms with E-state index in [1.54, 1.807) is 13.8 Å². The first-order valence-corrected chi connectivity index (χ1v) is 10.9. The van der Waals surface area contributed by atoms with Crippen molar-refractivity contribution in [3.63, 3.8) is 0 Å². The van der Waals surface area contributed by atoms with Gasteiger partial charge in [-0.1, -0.05) is 33.4 Å². The Balaban J connectivity index is 1.88. The van der Waals surface area contributed by atoms with Crippen LogP contribution in [-0.2, 0) is 19.1 Å². The Labute approximate surface area is 170 Å². The van der Waals surface area contributed by atoms with Crippen LogP contribution >= 0.6 is 0 Å². The van der Waals surface area contributed by atoms with Crippen LogP contribution in [0.2, 0.25) is 0 Å². The van der Waals surface area contributed by atoms with Crippen molar-refractivity contribution in [2.75, 3.05) is 0 Å². The molecule has 0 aromatic heterocycles. The molecule has 0 aromatic carbocycles. The van der Waals surface area contributed by atoms with Crippen molar-refractivity contribution in [2.45, 2.75) is 97.7 Å². The average molecular weight is 391 g/mol. The summed E-state index contributed by atoms with van der Waals surface area (Å²) in [4.78, 5) is 23.6. The van der Waals surface area contributed by atoms with Gasteiger partial charge in [0.25, 0.3) is 0 Å². The lowest BCUT2D eigenvalue weighted by Crippen LogP contribution is -2.41. The zero-order valence-electron chi connectivity index (χ0n) is 18.2. The van der Waals surface area contributed by atoms with E-state index in [-0.39, 0.29) is 24.1 Å². The third kappa shape index (κ3) is 5.48. The summed E-state index contributed by atoms with van der Waals surface area (Å²) in [7, 11) is 0. The molecule has 0 amide bonds. The average Bonchev–Trinajstić information content (AvgIpc) is 2.68. The van der Waals surface area contributed by atoms with Gasteiger partial charge in [0.05, 0.1) is 0 Å². The number of carbonyl (C=O) groups is 2. The van der Waals surface area contributed by atoms with Gasteiger partial charge in [-0.3, -0.25) is 0 Å². The van der Waals surface area contributed by atoms with Gasteiger partial charge in [0, 0.05) is 11.1 Å². The maximum absolute atomic E-state index is 11.8. The molecule has 0 heterocycles. The highest BCUT2D eigenvalue weighted by Gasteiger charge is 2.43. The Morgan fingerprint density at radius 1 is 0.786 bits per heavy atom. The van der Waals surface area contributed by atoms with Gasteiger partial charge in [-0.25, -0.2) is 9.59 Å². The summed E-state index contributed by atoms with van der Waals surface area (Å²) in [5.74, 6) is 0.808. The van der Waals surface area contributed by atoms with Gasteiger partial charge >= 0.3 is 11.9 Å². The molecule has 2 aliphatic carbocycles. The third-order valence-electron chi connectivity index (χ3n) is 7.22. The van der Waals surface area contributed by atoms with Crippen LogP contribution in [0.5, 0.6) is 0 Å². The van der Waals surface area contributed by atoms with Crippen molar-refractivity contribution in [1.29, 1.82) is 0 Å². The van der Waals surface area contributed by atoms with Crippen LogP contribution < -0.4 is 0 Å². The lowest BCUT2D eigenvalue weighted by atomic mass is 9.58. The molecule has 0 spiro atoms. The van der Waals surface area contributed by atoms with Crippen molar-refractivity contribution in [2.24, 2.45) is 17.3 Å². The van der Waals surface area contributed by atoms with E-state index in [4.69, 9.17) is 9.47 Å².